The van der Waals surface area contributed by atoms with Crippen LogP contribution < -0.4 is 4.74 Å². The molecule has 194 valence electrons. The van der Waals surface area contributed by atoms with Crippen LogP contribution in [0.15, 0.2) is 66.7 Å². The molecule has 2 fully saturated rings. The highest BCUT2D eigenvalue weighted by Crippen LogP contribution is 2.37. The largest absolute Gasteiger partial charge is 0.493 e. The number of carbonyl (C=O) groups is 2. The van der Waals surface area contributed by atoms with Crippen LogP contribution in [0.25, 0.3) is 10.8 Å². The summed E-state index contributed by atoms with van der Waals surface area (Å²) in [7, 11) is 0. The first-order valence-electron chi connectivity index (χ1n) is 13.0. The van der Waals surface area contributed by atoms with E-state index >= 15 is 0 Å². The molecule has 7 heteroatoms. The monoisotopic (exact) mass is 520 g/mol. The number of hydrogen-bond donors (Lipinski definition) is 0. The molecule has 0 atom stereocenters. The van der Waals surface area contributed by atoms with Gasteiger partial charge in [-0.3, -0.25) is 9.59 Å². The summed E-state index contributed by atoms with van der Waals surface area (Å²) in [5.74, 6) is 0.952. The number of halogens is 1. The van der Waals surface area contributed by atoms with Crippen molar-refractivity contribution in [2.75, 3.05) is 46.0 Å². The van der Waals surface area contributed by atoms with Crippen LogP contribution in [0.4, 0.5) is 0 Å². The summed E-state index contributed by atoms with van der Waals surface area (Å²) in [6, 6.07) is 21.7. The molecule has 3 aromatic carbocycles. The first-order valence-corrected chi connectivity index (χ1v) is 13.4. The van der Waals surface area contributed by atoms with Gasteiger partial charge in [-0.2, -0.15) is 0 Å². The van der Waals surface area contributed by atoms with Gasteiger partial charge in [0.2, 0.25) is 11.8 Å². The van der Waals surface area contributed by atoms with E-state index in [1.165, 1.54) is 5.39 Å². The second-order valence-electron chi connectivity index (χ2n) is 10.2. The Morgan fingerprint density at radius 1 is 0.838 bits per heavy atom. The Labute approximate surface area is 223 Å². The Balaban J connectivity index is 1.24. The number of benzene rings is 3. The van der Waals surface area contributed by atoms with Crippen LogP contribution in [-0.2, 0) is 20.7 Å². The molecule has 0 unspecified atom stereocenters. The summed E-state index contributed by atoms with van der Waals surface area (Å²) < 4.78 is 11.6. The number of likely N-dealkylation sites (tertiary alicyclic amines) is 1. The van der Waals surface area contributed by atoms with Crippen molar-refractivity contribution in [3.8, 4) is 5.75 Å². The highest BCUT2D eigenvalue weighted by molar-refractivity contribution is 6.30. The van der Waals surface area contributed by atoms with Gasteiger partial charge in [0.15, 0.2) is 0 Å². The zero-order valence-electron chi connectivity index (χ0n) is 21.0. The Morgan fingerprint density at radius 3 is 2.32 bits per heavy atom. The van der Waals surface area contributed by atoms with Gasteiger partial charge in [0.05, 0.1) is 26.2 Å². The van der Waals surface area contributed by atoms with Crippen molar-refractivity contribution in [2.24, 2.45) is 5.41 Å². The van der Waals surface area contributed by atoms with Crippen LogP contribution in [0.2, 0.25) is 5.02 Å². The van der Waals surface area contributed by atoms with Gasteiger partial charge in [-0.05, 0) is 47.4 Å². The predicted octanol–water partition coefficient (Wildman–Crippen LogP) is 4.97. The minimum atomic E-state index is -0.336. The van der Waals surface area contributed by atoms with Crippen molar-refractivity contribution < 1.29 is 19.1 Å². The smallest absolute Gasteiger partial charge is 0.226 e. The molecule has 37 heavy (non-hydrogen) atoms. The third-order valence-electron chi connectivity index (χ3n) is 7.58. The van der Waals surface area contributed by atoms with E-state index in [2.05, 4.69) is 24.3 Å². The molecule has 0 bridgehead atoms. The maximum Gasteiger partial charge on any atom is 0.226 e. The summed E-state index contributed by atoms with van der Waals surface area (Å²) >= 11 is 6.14. The maximum absolute atomic E-state index is 13.2. The number of piperidine rings is 1. The lowest BCUT2D eigenvalue weighted by atomic mass is 9.75. The molecule has 2 aliphatic rings. The van der Waals surface area contributed by atoms with Gasteiger partial charge in [-0.1, -0.05) is 60.1 Å². The number of hydrogen-bond acceptors (Lipinski definition) is 4. The average molecular weight is 521 g/mol. The van der Waals surface area contributed by atoms with Crippen LogP contribution >= 0.6 is 11.6 Å². The summed E-state index contributed by atoms with van der Waals surface area (Å²) in [5.41, 5.74) is 0.685. The van der Waals surface area contributed by atoms with E-state index in [-0.39, 0.29) is 17.2 Å². The molecule has 6 nitrogen and oxygen atoms in total. The van der Waals surface area contributed by atoms with Crippen LogP contribution in [-0.4, -0.2) is 67.6 Å². The van der Waals surface area contributed by atoms with Crippen molar-refractivity contribution in [3.05, 3.63) is 77.3 Å². The molecule has 0 radical (unpaired) electrons. The Hall–Kier alpha value is -3.09. The fraction of sp³-hybridized carbons (Fsp3) is 0.400. The van der Waals surface area contributed by atoms with Gasteiger partial charge in [0.1, 0.15) is 5.75 Å². The normalized spacial score (nSPS) is 17.5. The number of ether oxygens (including phenoxy) is 2. The van der Waals surface area contributed by atoms with Crippen LogP contribution in [0.3, 0.4) is 0 Å². The quantitative estimate of drug-likeness (QED) is 0.441. The molecule has 0 N–H and O–H groups in total. The van der Waals surface area contributed by atoms with Crippen LogP contribution in [0, 0.1) is 5.41 Å². The lowest BCUT2D eigenvalue weighted by Gasteiger charge is -2.42. The predicted molar refractivity (Wildman–Crippen MR) is 145 cm³/mol. The summed E-state index contributed by atoms with van der Waals surface area (Å²) in [5, 5.41) is 2.93. The third-order valence-corrected chi connectivity index (χ3v) is 7.81. The van der Waals surface area contributed by atoms with Crippen LogP contribution in [0.5, 0.6) is 5.75 Å². The number of nitrogens with zero attached hydrogens (tertiary/aromatic N) is 2. The van der Waals surface area contributed by atoms with Gasteiger partial charge >= 0.3 is 0 Å². The van der Waals surface area contributed by atoms with E-state index in [4.69, 9.17) is 21.1 Å². The standard InChI is InChI=1S/C30H33ClN2O4/c31-26-6-3-7-27(20-26)37-22-30(21-29(35)33-14-16-36-17-15-33)10-12-32(13-11-30)28(34)19-23-8-9-24-4-1-2-5-25(24)18-23/h1-9,18,20H,10-17,19,21-22H2. The first kappa shape index (κ1) is 25.6. The number of fused-ring (bicyclic) bond motifs is 1. The number of morpholine rings is 1. The van der Waals surface area contributed by atoms with Gasteiger partial charge in [-0.15, -0.1) is 0 Å². The molecule has 2 amide bonds. The third kappa shape index (κ3) is 6.43. The molecule has 2 aliphatic heterocycles. The van der Waals surface area contributed by atoms with Crippen molar-refractivity contribution in [1.82, 2.24) is 9.80 Å². The van der Waals surface area contributed by atoms with Gasteiger partial charge in [0, 0.05) is 43.0 Å². The molecule has 0 aliphatic carbocycles. The molecule has 5 rings (SSSR count). The summed E-state index contributed by atoms with van der Waals surface area (Å²) in [6.07, 6.45) is 2.21. The van der Waals surface area contributed by atoms with E-state index in [0.717, 1.165) is 10.9 Å². The van der Waals surface area contributed by atoms with Crippen molar-refractivity contribution in [2.45, 2.75) is 25.7 Å². The average Bonchev–Trinajstić information content (AvgIpc) is 2.93. The zero-order chi connectivity index (χ0) is 25.7. The maximum atomic E-state index is 13.2. The number of rotatable bonds is 7. The SMILES string of the molecule is O=C(Cc1ccc2ccccc2c1)N1CCC(COc2cccc(Cl)c2)(CC(=O)N2CCOCC2)CC1. The number of carbonyl (C=O) groups excluding carboxylic acids is 2. The minimum absolute atomic E-state index is 0.124. The second kappa shape index (κ2) is 11.5. The van der Waals surface area contributed by atoms with Gasteiger partial charge < -0.3 is 19.3 Å². The van der Waals surface area contributed by atoms with E-state index in [1.807, 2.05) is 46.2 Å². The van der Waals surface area contributed by atoms with Crippen molar-refractivity contribution >= 4 is 34.2 Å². The fourth-order valence-electron chi connectivity index (χ4n) is 5.28. The summed E-state index contributed by atoms with van der Waals surface area (Å²) in [4.78, 5) is 30.2. The number of amides is 2. The molecule has 0 aromatic heterocycles. The van der Waals surface area contributed by atoms with Crippen molar-refractivity contribution in [1.29, 1.82) is 0 Å². The van der Waals surface area contributed by atoms with Gasteiger partial charge in [0.25, 0.3) is 0 Å². The molecular weight excluding hydrogens is 488 g/mol. The summed E-state index contributed by atoms with van der Waals surface area (Å²) in [6.45, 7) is 4.05. The lowest BCUT2D eigenvalue weighted by molar-refractivity contribution is -0.140. The van der Waals surface area contributed by atoms with E-state index in [1.54, 1.807) is 6.07 Å². The molecule has 0 saturated carbocycles. The van der Waals surface area contributed by atoms with Gasteiger partial charge in [-0.25, -0.2) is 0 Å². The molecule has 2 heterocycles. The topological polar surface area (TPSA) is 59.1 Å². The Kier molecular flexibility index (Phi) is 7.96. The highest BCUT2D eigenvalue weighted by Gasteiger charge is 2.40. The Morgan fingerprint density at radius 2 is 1.57 bits per heavy atom. The minimum Gasteiger partial charge on any atom is -0.493 e. The van der Waals surface area contributed by atoms with Crippen LogP contribution in [0.1, 0.15) is 24.8 Å². The van der Waals surface area contributed by atoms with E-state index in [9.17, 15) is 9.59 Å². The molecule has 3 aromatic rings. The Bertz CT molecular complexity index is 1250. The fourth-order valence-corrected chi connectivity index (χ4v) is 5.46. The van der Waals surface area contributed by atoms with Crippen molar-refractivity contribution in [3.63, 3.8) is 0 Å². The molecular formula is C30H33ClN2O4. The van der Waals surface area contributed by atoms with E-state index in [0.29, 0.717) is 82.5 Å². The zero-order valence-corrected chi connectivity index (χ0v) is 21.8. The second-order valence-corrected chi connectivity index (χ2v) is 10.6. The van der Waals surface area contributed by atoms with E-state index < -0.39 is 0 Å². The lowest BCUT2D eigenvalue weighted by Crippen LogP contribution is -2.49. The highest BCUT2D eigenvalue weighted by atomic mass is 35.5. The molecule has 0 spiro atoms. The molecule has 2 saturated heterocycles. The first-order chi connectivity index (χ1) is 18.0.